The summed E-state index contributed by atoms with van der Waals surface area (Å²) in [4.78, 5) is 2.69. The van der Waals surface area contributed by atoms with Gasteiger partial charge < -0.3 is 0 Å². The van der Waals surface area contributed by atoms with Gasteiger partial charge in [-0.15, -0.1) is 23.5 Å². The van der Waals surface area contributed by atoms with Crippen molar-refractivity contribution in [2.45, 2.75) is 16.7 Å². The van der Waals surface area contributed by atoms with E-state index in [1.165, 1.54) is 9.79 Å². The second kappa shape index (κ2) is 9.20. The second-order valence-electron chi connectivity index (χ2n) is 3.26. The summed E-state index contributed by atoms with van der Waals surface area (Å²) in [5.74, 6) is 1.16. The molecule has 0 saturated heterocycles. The summed E-state index contributed by atoms with van der Waals surface area (Å²) < 4.78 is 0. The Morgan fingerprint density at radius 2 is 1.24 bits per heavy atom. The molecule has 0 radical (unpaired) electrons. The Morgan fingerprint density at radius 3 is 1.59 bits per heavy atom. The van der Waals surface area contributed by atoms with Gasteiger partial charge in [0.15, 0.2) is 0 Å². The number of rotatable bonds is 3. The van der Waals surface area contributed by atoms with Crippen LogP contribution in [0.5, 0.6) is 0 Å². The lowest BCUT2D eigenvalue weighted by Gasteiger charge is -1.93. The fourth-order valence-electron chi connectivity index (χ4n) is 1.24. The molecule has 17 heavy (non-hydrogen) atoms. The van der Waals surface area contributed by atoms with E-state index in [-0.39, 0.29) is 0 Å². The zero-order valence-corrected chi connectivity index (χ0v) is 11.9. The minimum atomic E-state index is 1.16. The van der Waals surface area contributed by atoms with Gasteiger partial charge in [0.25, 0.3) is 0 Å². The van der Waals surface area contributed by atoms with Crippen molar-refractivity contribution in [3.63, 3.8) is 0 Å². The van der Waals surface area contributed by atoms with Crippen molar-refractivity contribution in [3.8, 4) is 0 Å². The van der Waals surface area contributed by atoms with Crippen molar-refractivity contribution < 1.29 is 0 Å². The van der Waals surface area contributed by atoms with Crippen molar-refractivity contribution in [1.82, 2.24) is 0 Å². The lowest BCUT2D eigenvalue weighted by atomic mass is 10.4. The summed E-state index contributed by atoms with van der Waals surface area (Å²) >= 11 is 3.64. The van der Waals surface area contributed by atoms with Crippen LogP contribution in [-0.2, 0) is 0 Å². The first-order valence-corrected chi connectivity index (χ1v) is 7.84. The Labute approximate surface area is 113 Å². The number of hydrogen-bond donors (Lipinski definition) is 0. The van der Waals surface area contributed by atoms with Crippen molar-refractivity contribution in [1.29, 1.82) is 0 Å². The summed E-state index contributed by atoms with van der Waals surface area (Å²) in [7, 11) is 0. The van der Waals surface area contributed by atoms with E-state index >= 15 is 0 Å². The average molecular weight is 262 g/mol. The lowest BCUT2D eigenvalue weighted by Crippen LogP contribution is -1.68. The molecule has 2 aromatic carbocycles. The highest BCUT2D eigenvalue weighted by atomic mass is 32.2. The van der Waals surface area contributed by atoms with E-state index in [1.54, 1.807) is 11.8 Å². The molecule has 0 aliphatic carbocycles. The van der Waals surface area contributed by atoms with Gasteiger partial charge in [0, 0.05) is 9.79 Å². The molecule has 0 aliphatic heterocycles. The number of benzene rings is 2. The molecule has 0 aliphatic rings. The molecule has 2 rings (SSSR count). The standard InChI is InChI=1S/C8H10S.C7H8S/c1-2-9-8-6-4-3-5-7-8;1-8-7-5-3-2-4-6-7/h3-7H,2H2,1H3;2-6H,1H3. The molecule has 0 bridgehead atoms. The van der Waals surface area contributed by atoms with E-state index in [0.29, 0.717) is 0 Å². The Hall–Kier alpha value is -0.860. The quantitative estimate of drug-likeness (QED) is 0.697. The molecule has 0 unspecified atom stereocenters. The highest BCUT2D eigenvalue weighted by Gasteiger charge is 1.84. The molecule has 0 amide bonds. The maximum Gasteiger partial charge on any atom is 0.00718 e. The Balaban J connectivity index is 0.000000171. The molecular weight excluding hydrogens is 244 g/mol. The van der Waals surface area contributed by atoms with Gasteiger partial charge in [-0.25, -0.2) is 0 Å². The van der Waals surface area contributed by atoms with Gasteiger partial charge in [0.1, 0.15) is 0 Å². The summed E-state index contributed by atoms with van der Waals surface area (Å²) in [6, 6.07) is 20.8. The van der Waals surface area contributed by atoms with E-state index in [1.807, 2.05) is 36.0 Å². The SMILES string of the molecule is CCSc1ccccc1.CSc1ccccc1. The van der Waals surface area contributed by atoms with Gasteiger partial charge in [-0.2, -0.15) is 0 Å². The average Bonchev–Trinajstić information content (AvgIpc) is 2.42. The van der Waals surface area contributed by atoms with Crippen LogP contribution in [-0.4, -0.2) is 12.0 Å². The molecule has 0 fully saturated rings. The maximum atomic E-state index is 2.16. The van der Waals surface area contributed by atoms with Crippen LogP contribution in [0.3, 0.4) is 0 Å². The van der Waals surface area contributed by atoms with Crippen molar-refractivity contribution in [2.24, 2.45) is 0 Å². The highest BCUT2D eigenvalue weighted by Crippen LogP contribution is 2.15. The summed E-state index contributed by atoms with van der Waals surface area (Å²) in [6.07, 6.45) is 2.08. The largest absolute Gasteiger partial charge is 0.130 e. The van der Waals surface area contributed by atoms with Gasteiger partial charge in [-0.05, 0) is 36.3 Å². The molecule has 0 nitrogen and oxygen atoms in total. The van der Waals surface area contributed by atoms with Crippen LogP contribution in [0.25, 0.3) is 0 Å². The first-order chi connectivity index (χ1) is 8.36. The van der Waals surface area contributed by atoms with Crippen molar-refractivity contribution in [3.05, 3.63) is 60.7 Å². The van der Waals surface area contributed by atoms with Crippen LogP contribution < -0.4 is 0 Å². The molecule has 0 spiro atoms. The second-order valence-corrected chi connectivity index (χ2v) is 5.48. The smallest absolute Gasteiger partial charge is 0.00718 e. The monoisotopic (exact) mass is 262 g/mol. The molecule has 90 valence electrons. The summed E-state index contributed by atoms with van der Waals surface area (Å²) in [5.41, 5.74) is 0. The zero-order valence-electron chi connectivity index (χ0n) is 10.3. The van der Waals surface area contributed by atoms with Gasteiger partial charge in [-0.1, -0.05) is 43.3 Å². The fraction of sp³-hybridized carbons (Fsp3) is 0.200. The molecule has 0 aromatic heterocycles. The van der Waals surface area contributed by atoms with E-state index in [9.17, 15) is 0 Å². The van der Waals surface area contributed by atoms with Crippen LogP contribution in [0.4, 0.5) is 0 Å². The van der Waals surface area contributed by atoms with Gasteiger partial charge in [0.2, 0.25) is 0 Å². The first-order valence-electron chi connectivity index (χ1n) is 5.63. The Morgan fingerprint density at radius 1 is 0.765 bits per heavy atom. The Kier molecular flexibility index (Phi) is 7.69. The summed E-state index contributed by atoms with van der Waals surface area (Å²) in [5, 5.41) is 0. The van der Waals surface area contributed by atoms with Crippen LogP contribution in [0.1, 0.15) is 6.92 Å². The van der Waals surface area contributed by atoms with Gasteiger partial charge in [0.05, 0.1) is 0 Å². The molecule has 2 aromatic rings. The van der Waals surface area contributed by atoms with Crippen LogP contribution >= 0.6 is 23.5 Å². The first kappa shape index (κ1) is 14.2. The predicted molar refractivity (Wildman–Crippen MR) is 81.1 cm³/mol. The predicted octanol–water partition coefficient (Wildman–Crippen LogP) is 5.21. The normalized spacial score (nSPS) is 9.29. The highest BCUT2D eigenvalue weighted by molar-refractivity contribution is 7.99. The third-order valence-electron chi connectivity index (χ3n) is 2.03. The third-order valence-corrected chi connectivity index (χ3v) is 3.67. The number of hydrogen-bond acceptors (Lipinski definition) is 2. The minimum Gasteiger partial charge on any atom is -0.130 e. The third kappa shape index (κ3) is 6.44. The van der Waals surface area contributed by atoms with Gasteiger partial charge in [-0.3, -0.25) is 0 Å². The van der Waals surface area contributed by atoms with Crippen molar-refractivity contribution >= 4 is 23.5 Å². The van der Waals surface area contributed by atoms with Crippen LogP contribution in [0.2, 0.25) is 0 Å². The zero-order chi connectivity index (χ0) is 12.3. The van der Waals surface area contributed by atoms with Crippen LogP contribution in [0, 0.1) is 0 Å². The van der Waals surface area contributed by atoms with Crippen LogP contribution in [0.15, 0.2) is 70.5 Å². The number of thioether (sulfide) groups is 2. The lowest BCUT2D eigenvalue weighted by molar-refractivity contribution is 1.43. The molecular formula is C15H18S2. The molecule has 0 N–H and O–H groups in total. The van der Waals surface area contributed by atoms with E-state index < -0.39 is 0 Å². The maximum absolute atomic E-state index is 2.16. The minimum absolute atomic E-state index is 1.16. The Bertz CT molecular complexity index is 384. The topological polar surface area (TPSA) is 0 Å². The van der Waals surface area contributed by atoms with E-state index in [0.717, 1.165) is 5.75 Å². The van der Waals surface area contributed by atoms with E-state index in [4.69, 9.17) is 0 Å². The summed E-state index contributed by atoms with van der Waals surface area (Å²) in [6.45, 7) is 2.16. The van der Waals surface area contributed by atoms with Crippen molar-refractivity contribution in [2.75, 3.05) is 12.0 Å². The molecule has 0 heterocycles. The molecule has 0 atom stereocenters. The molecule has 0 saturated carbocycles. The molecule has 2 heteroatoms. The fourth-order valence-corrected chi connectivity index (χ4v) is 2.35. The van der Waals surface area contributed by atoms with E-state index in [2.05, 4.69) is 49.6 Å². The van der Waals surface area contributed by atoms with Gasteiger partial charge >= 0.3 is 0 Å².